The zero-order valence-corrected chi connectivity index (χ0v) is 16.7. The summed E-state index contributed by atoms with van der Waals surface area (Å²) in [5.74, 6) is -0.720. The standard InChI is InChI=1S/C24H21NO5/c1-15-10-11-19(29-2)18(13-15)22(26)20-21(16-7-4-3-5-8-16)25(24(28)23(20)27)14-17-9-6-12-30-17/h3-13,21,26H,14H2,1-2H3/b22-20+. The third kappa shape index (κ3) is 3.37. The van der Waals surface area contributed by atoms with E-state index in [1.165, 1.54) is 18.3 Å². The van der Waals surface area contributed by atoms with Crippen LogP contribution in [0.1, 0.15) is 28.5 Å². The third-order valence-electron chi connectivity index (χ3n) is 5.17. The maximum absolute atomic E-state index is 13.0. The van der Waals surface area contributed by atoms with Crippen molar-refractivity contribution in [1.29, 1.82) is 0 Å². The summed E-state index contributed by atoms with van der Waals surface area (Å²) < 4.78 is 10.8. The van der Waals surface area contributed by atoms with Gasteiger partial charge in [-0.1, -0.05) is 42.0 Å². The minimum atomic E-state index is -0.749. The van der Waals surface area contributed by atoms with Gasteiger partial charge in [-0.2, -0.15) is 0 Å². The van der Waals surface area contributed by atoms with Crippen LogP contribution in [0.2, 0.25) is 0 Å². The van der Waals surface area contributed by atoms with Crippen LogP contribution in [0.3, 0.4) is 0 Å². The Balaban J connectivity index is 1.90. The summed E-state index contributed by atoms with van der Waals surface area (Å²) in [5.41, 5.74) is 2.01. The number of Topliss-reactive ketones (excluding diaryl/α,β-unsaturated/α-hetero) is 1. The molecule has 6 nitrogen and oxygen atoms in total. The van der Waals surface area contributed by atoms with Crippen LogP contribution < -0.4 is 4.74 Å². The van der Waals surface area contributed by atoms with Crippen molar-refractivity contribution in [2.75, 3.05) is 7.11 Å². The fourth-order valence-corrected chi connectivity index (χ4v) is 3.75. The van der Waals surface area contributed by atoms with Gasteiger partial charge in [-0.3, -0.25) is 9.59 Å². The van der Waals surface area contributed by atoms with Crippen molar-refractivity contribution in [2.24, 2.45) is 0 Å². The number of furan rings is 1. The summed E-state index contributed by atoms with van der Waals surface area (Å²) in [7, 11) is 1.49. The van der Waals surface area contributed by atoms with Crippen LogP contribution in [-0.2, 0) is 16.1 Å². The molecule has 30 heavy (non-hydrogen) atoms. The number of ketones is 1. The van der Waals surface area contributed by atoms with E-state index in [0.717, 1.165) is 11.1 Å². The zero-order chi connectivity index (χ0) is 21.3. The molecule has 1 aliphatic rings. The molecule has 1 aromatic heterocycles. The number of benzene rings is 2. The van der Waals surface area contributed by atoms with Crippen molar-refractivity contribution in [1.82, 2.24) is 4.90 Å². The first-order valence-corrected chi connectivity index (χ1v) is 9.52. The quantitative estimate of drug-likeness (QED) is 0.392. The van der Waals surface area contributed by atoms with E-state index < -0.39 is 17.7 Å². The molecule has 0 spiro atoms. The molecular formula is C24H21NO5. The fourth-order valence-electron chi connectivity index (χ4n) is 3.75. The minimum absolute atomic E-state index is 0.0293. The number of likely N-dealkylation sites (tertiary alicyclic amines) is 1. The molecule has 3 aromatic rings. The van der Waals surface area contributed by atoms with Crippen LogP contribution >= 0.6 is 0 Å². The van der Waals surface area contributed by atoms with Crippen molar-refractivity contribution >= 4 is 17.4 Å². The van der Waals surface area contributed by atoms with Gasteiger partial charge in [-0.15, -0.1) is 0 Å². The molecule has 1 N–H and O–H groups in total. The van der Waals surface area contributed by atoms with Crippen molar-refractivity contribution < 1.29 is 23.8 Å². The van der Waals surface area contributed by atoms with Crippen LogP contribution in [-0.4, -0.2) is 28.8 Å². The predicted molar refractivity (Wildman–Crippen MR) is 111 cm³/mol. The van der Waals surface area contributed by atoms with Gasteiger partial charge < -0.3 is 19.2 Å². The minimum Gasteiger partial charge on any atom is -0.507 e. The molecule has 152 valence electrons. The number of hydrogen-bond donors (Lipinski definition) is 1. The van der Waals surface area contributed by atoms with Gasteiger partial charge in [-0.05, 0) is 36.8 Å². The number of aliphatic hydroxyl groups is 1. The van der Waals surface area contributed by atoms with Crippen molar-refractivity contribution in [3.8, 4) is 5.75 Å². The van der Waals surface area contributed by atoms with Crippen LogP contribution in [0.5, 0.6) is 5.75 Å². The summed E-state index contributed by atoms with van der Waals surface area (Å²) in [6.07, 6.45) is 1.51. The van der Waals surface area contributed by atoms with Crippen molar-refractivity contribution in [2.45, 2.75) is 19.5 Å². The third-order valence-corrected chi connectivity index (χ3v) is 5.17. The topological polar surface area (TPSA) is 80.0 Å². The van der Waals surface area contributed by atoms with Gasteiger partial charge in [-0.25, -0.2) is 0 Å². The van der Waals surface area contributed by atoms with E-state index in [1.807, 2.05) is 43.3 Å². The number of hydrogen-bond acceptors (Lipinski definition) is 5. The molecular weight excluding hydrogens is 382 g/mol. The summed E-state index contributed by atoms with van der Waals surface area (Å²) >= 11 is 0. The van der Waals surface area contributed by atoms with Gasteiger partial charge in [0.05, 0.1) is 37.1 Å². The lowest BCUT2D eigenvalue weighted by molar-refractivity contribution is -0.140. The molecule has 1 saturated heterocycles. The molecule has 0 saturated carbocycles. The predicted octanol–water partition coefficient (Wildman–Crippen LogP) is 4.22. The molecule has 4 rings (SSSR count). The SMILES string of the molecule is COc1ccc(C)cc1/C(O)=C1\C(=O)C(=O)N(Cc2ccco2)C1c1ccccc1. The van der Waals surface area contributed by atoms with Gasteiger partial charge in [0.25, 0.3) is 11.7 Å². The Labute approximate surface area is 174 Å². The lowest BCUT2D eigenvalue weighted by atomic mass is 9.94. The Hall–Kier alpha value is -3.80. The molecule has 0 bridgehead atoms. The molecule has 0 radical (unpaired) electrons. The molecule has 0 aliphatic carbocycles. The lowest BCUT2D eigenvalue weighted by Gasteiger charge is -2.24. The number of methoxy groups -OCH3 is 1. The number of aliphatic hydroxyl groups excluding tert-OH is 1. The van der Waals surface area contributed by atoms with E-state index in [4.69, 9.17) is 9.15 Å². The maximum Gasteiger partial charge on any atom is 0.296 e. The van der Waals surface area contributed by atoms with Gasteiger partial charge in [0.15, 0.2) is 0 Å². The van der Waals surface area contributed by atoms with E-state index >= 15 is 0 Å². The largest absolute Gasteiger partial charge is 0.507 e. The number of rotatable bonds is 5. The van der Waals surface area contributed by atoms with Gasteiger partial charge >= 0.3 is 0 Å². The molecule has 1 fully saturated rings. The normalized spacial score (nSPS) is 18.1. The monoisotopic (exact) mass is 403 g/mol. The zero-order valence-electron chi connectivity index (χ0n) is 16.7. The number of ether oxygens (including phenoxy) is 1. The fraction of sp³-hybridized carbons (Fsp3) is 0.167. The highest BCUT2D eigenvalue weighted by atomic mass is 16.5. The second kappa shape index (κ2) is 7.91. The number of aryl methyl sites for hydroxylation is 1. The molecule has 2 aromatic carbocycles. The second-order valence-electron chi connectivity index (χ2n) is 7.12. The summed E-state index contributed by atoms with van der Waals surface area (Å²) in [6, 6.07) is 17.2. The number of nitrogens with zero attached hydrogens (tertiary/aromatic N) is 1. The molecule has 2 heterocycles. The summed E-state index contributed by atoms with van der Waals surface area (Å²) in [4.78, 5) is 27.4. The summed E-state index contributed by atoms with van der Waals surface area (Å²) in [5, 5.41) is 11.2. The van der Waals surface area contributed by atoms with Crippen LogP contribution in [0.25, 0.3) is 5.76 Å². The molecule has 6 heteroatoms. The highest BCUT2D eigenvalue weighted by Gasteiger charge is 2.46. The van der Waals surface area contributed by atoms with Crippen LogP contribution in [0.15, 0.2) is 76.9 Å². The first-order valence-electron chi connectivity index (χ1n) is 9.52. The van der Waals surface area contributed by atoms with Gasteiger partial charge in [0.1, 0.15) is 17.3 Å². The number of carbonyl (C=O) groups excluding carboxylic acids is 2. The average Bonchev–Trinajstić information content (AvgIpc) is 3.36. The van der Waals surface area contributed by atoms with E-state index in [-0.39, 0.29) is 17.9 Å². The molecule has 1 aliphatic heterocycles. The van der Waals surface area contributed by atoms with Crippen LogP contribution in [0, 0.1) is 6.92 Å². The lowest BCUT2D eigenvalue weighted by Crippen LogP contribution is -2.29. The summed E-state index contributed by atoms with van der Waals surface area (Å²) in [6.45, 7) is 1.99. The Morgan fingerprint density at radius 2 is 1.87 bits per heavy atom. The van der Waals surface area contributed by atoms with Crippen LogP contribution in [0.4, 0.5) is 0 Å². The number of amides is 1. The smallest absolute Gasteiger partial charge is 0.296 e. The van der Waals surface area contributed by atoms with Crippen molar-refractivity contribution in [3.05, 3.63) is 95.0 Å². The maximum atomic E-state index is 13.0. The van der Waals surface area contributed by atoms with E-state index in [9.17, 15) is 14.7 Å². The molecule has 1 amide bonds. The molecule has 1 unspecified atom stereocenters. The highest BCUT2D eigenvalue weighted by Crippen LogP contribution is 2.41. The van der Waals surface area contributed by atoms with Crippen molar-refractivity contribution in [3.63, 3.8) is 0 Å². The second-order valence-corrected chi connectivity index (χ2v) is 7.12. The van der Waals surface area contributed by atoms with E-state index in [1.54, 1.807) is 24.3 Å². The van der Waals surface area contributed by atoms with Gasteiger partial charge in [0, 0.05) is 0 Å². The van der Waals surface area contributed by atoms with E-state index in [0.29, 0.717) is 17.1 Å². The molecule has 1 atom stereocenters. The highest BCUT2D eigenvalue weighted by molar-refractivity contribution is 6.46. The van der Waals surface area contributed by atoms with E-state index in [2.05, 4.69) is 0 Å². The Morgan fingerprint density at radius 1 is 1.10 bits per heavy atom. The Morgan fingerprint density at radius 3 is 2.53 bits per heavy atom. The average molecular weight is 403 g/mol. The first-order chi connectivity index (χ1) is 14.5. The Bertz CT molecular complexity index is 1120. The Kier molecular flexibility index (Phi) is 5.14. The number of carbonyl (C=O) groups is 2. The first kappa shape index (κ1) is 19.5. The van der Waals surface area contributed by atoms with Gasteiger partial charge in [0.2, 0.25) is 0 Å².